The number of fused-ring (bicyclic) bond motifs is 1. The van der Waals surface area contributed by atoms with E-state index in [1.165, 1.54) is 17.8 Å². The number of thiophene rings is 1. The molecule has 1 unspecified atom stereocenters. The van der Waals surface area contributed by atoms with Crippen LogP contribution in [0.15, 0.2) is 11.1 Å². The van der Waals surface area contributed by atoms with Crippen molar-refractivity contribution in [1.82, 2.24) is 14.5 Å². The van der Waals surface area contributed by atoms with Gasteiger partial charge in [0.05, 0.1) is 29.7 Å². The molecule has 1 atom stereocenters. The summed E-state index contributed by atoms with van der Waals surface area (Å²) in [6.07, 6.45) is 3.76. The molecule has 1 aliphatic rings. The lowest BCUT2D eigenvalue weighted by molar-refractivity contribution is 0.0687. The van der Waals surface area contributed by atoms with Gasteiger partial charge in [-0.25, -0.2) is 4.98 Å². The van der Waals surface area contributed by atoms with Crippen LogP contribution in [0.1, 0.15) is 41.9 Å². The van der Waals surface area contributed by atoms with Crippen molar-refractivity contribution in [1.29, 1.82) is 0 Å². The molecule has 1 fully saturated rings. The molecular formula is C18H25N3O3S. The summed E-state index contributed by atoms with van der Waals surface area (Å²) in [5.74, 6) is 0.564. The largest absolute Gasteiger partial charge is 0.380 e. The number of hydrogen-bond acceptors (Lipinski definition) is 5. The summed E-state index contributed by atoms with van der Waals surface area (Å²) in [6, 6.07) is 0. The van der Waals surface area contributed by atoms with Gasteiger partial charge in [0.2, 0.25) is 0 Å². The summed E-state index contributed by atoms with van der Waals surface area (Å²) in [7, 11) is 0. The van der Waals surface area contributed by atoms with E-state index in [0.29, 0.717) is 40.8 Å². The molecule has 0 N–H and O–H groups in total. The van der Waals surface area contributed by atoms with Gasteiger partial charge in [-0.15, -0.1) is 11.3 Å². The highest BCUT2D eigenvalue weighted by molar-refractivity contribution is 7.20. The molecule has 3 heterocycles. The summed E-state index contributed by atoms with van der Waals surface area (Å²) < 4.78 is 6.89. The molecule has 1 amide bonds. The maximum absolute atomic E-state index is 12.9. The molecule has 25 heavy (non-hydrogen) atoms. The molecule has 7 heteroatoms. The monoisotopic (exact) mass is 363 g/mol. The number of aromatic nitrogens is 2. The van der Waals surface area contributed by atoms with Gasteiger partial charge in [-0.2, -0.15) is 0 Å². The van der Waals surface area contributed by atoms with Crippen LogP contribution in [0.5, 0.6) is 0 Å². The quantitative estimate of drug-likeness (QED) is 0.766. The molecule has 2 aromatic rings. The Morgan fingerprint density at radius 2 is 2.28 bits per heavy atom. The molecule has 3 rings (SSSR count). The molecule has 0 aromatic carbocycles. The third kappa shape index (κ3) is 3.62. The van der Waals surface area contributed by atoms with Crippen LogP contribution in [0, 0.1) is 12.8 Å². The highest BCUT2D eigenvalue weighted by Gasteiger charge is 2.26. The van der Waals surface area contributed by atoms with Gasteiger partial charge >= 0.3 is 0 Å². The van der Waals surface area contributed by atoms with Crippen molar-refractivity contribution < 1.29 is 9.53 Å². The first kappa shape index (κ1) is 18.1. The minimum Gasteiger partial charge on any atom is -0.380 e. The normalized spacial score (nSPS) is 18.0. The van der Waals surface area contributed by atoms with Crippen molar-refractivity contribution >= 4 is 27.5 Å². The van der Waals surface area contributed by atoms with E-state index < -0.39 is 0 Å². The van der Waals surface area contributed by atoms with Crippen molar-refractivity contribution in [3.05, 3.63) is 27.1 Å². The predicted octanol–water partition coefficient (Wildman–Crippen LogP) is 2.68. The molecule has 136 valence electrons. The number of ether oxygens (including phenoxy) is 1. The van der Waals surface area contributed by atoms with Crippen molar-refractivity contribution in [2.75, 3.05) is 26.3 Å². The average molecular weight is 363 g/mol. The standard InChI is InChI=1S/C18H25N3O3S/c1-4-24-9-8-21-11-19-16-14(17(21)22)13(3)15(25-16)18(23)20-7-5-6-12(2)10-20/h11-12H,4-10H2,1-3H3. The summed E-state index contributed by atoms with van der Waals surface area (Å²) in [5.41, 5.74) is 0.663. The number of carbonyl (C=O) groups is 1. The number of hydrogen-bond donors (Lipinski definition) is 0. The zero-order valence-electron chi connectivity index (χ0n) is 15.1. The van der Waals surface area contributed by atoms with Crippen LogP contribution in [0.2, 0.25) is 0 Å². The molecule has 1 saturated heterocycles. The second-order valence-corrected chi connectivity index (χ2v) is 7.67. The van der Waals surface area contributed by atoms with E-state index in [1.807, 2.05) is 18.7 Å². The number of piperidine rings is 1. The highest BCUT2D eigenvalue weighted by Crippen LogP contribution is 2.29. The first-order valence-corrected chi connectivity index (χ1v) is 9.70. The molecular weight excluding hydrogens is 338 g/mol. The minimum atomic E-state index is -0.0930. The topological polar surface area (TPSA) is 64.4 Å². The summed E-state index contributed by atoms with van der Waals surface area (Å²) in [5, 5.41) is 0.567. The van der Waals surface area contributed by atoms with Gasteiger partial charge < -0.3 is 9.64 Å². The molecule has 2 aromatic heterocycles. The third-order valence-corrected chi connectivity index (χ3v) is 5.92. The van der Waals surface area contributed by atoms with Crippen LogP contribution in [-0.2, 0) is 11.3 Å². The maximum atomic E-state index is 12.9. The molecule has 0 saturated carbocycles. The number of nitrogens with zero attached hydrogens (tertiary/aromatic N) is 3. The van der Waals surface area contributed by atoms with E-state index in [1.54, 1.807) is 10.9 Å². The van der Waals surface area contributed by atoms with Crippen LogP contribution in [-0.4, -0.2) is 46.7 Å². The van der Waals surface area contributed by atoms with E-state index in [4.69, 9.17) is 4.74 Å². The van der Waals surface area contributed by atoms with E-state index in [9.17, 15) is 9.59 Å². The molecule has 0 radical (unpaired) electrons. The van der Waals surface area contributed by atoms with Gasteiger partial charge in [0.25, 0.3) is 11.5 Å². The van der Waals surface area contributed by atoms with E-state index in [0.717, 1.165) is 25.1 Å². The third-order valence-electron chi connectivity index (χ3n) is 4.74. The Morgan fingerprint density at radius 1 is 1.48 bits per heavy atom. The summed E-state index contributed by atoms with van der Waals surface area (Å²) in [4.78, 5) is 33.3. The van der Waals surface area contributed by atoms with Gasteiger partial charge in [0.15, 0.2) is 0 Å². The smallest absolute Gasteiger partial charge is 0.264 e. The fraction of sp³-hybridized carbons (Fsp3) is 0.611. The van der Waals surface area contributed by atoms with Crippen LogP contribution < -0.4 is 5.56 Å². The Hall–Kier alpha value is -1.73. The molecule has 0 aliphatic carbocycles. The van der Waals surface area contributed by atoms with Gasteiger partial charge in [-0.3, -0.25) is 14.2 Å². The summed E-state index contributed by atoms with van der Waals surface area (Å²) >= 11 is 1.33. The second-order valence-electron chi connectivity index (χ2n) is 6.67. The molecule has 6 nitrogen and oxygen atoms in total. The lowest BCUT2D eigenvalue weighted by Gasteiger charge is -2.30. The van der Waals surface area contributed by atoms with Crippen LogP contribution in [0.4, 0.5) is 0 Å². The first-order chi connectivity index (χ1) is 12.0. The average Bonchev–Trinajstić information content (AvgIpc) is 2.94. The van der Waals surface area contributed by atoms with Crippen LogP contribution >= 0.6 is 11.3 Å². The number of aryl methyl sites for hydroxylation is 1. The Balaban J connectivity index is 1.92. The Morgan fingerprint density at radius 3 is 3.00 bits per heavy atom. The van der Waals surface area contributed by atoms with Crippen molar-refractivity contribution in [3.8, 4) is 0 Å². The fourth-order valence-corrected chi connectivity index (χ4v) is 4.45. The lowest BCUT2D eigenvalue weighted by atomic mass is 10.00. The first-order valence-electron chi connectivity index (χ1n) is 8.88. The number of likely N-dealkylation sites (tertiary alicyclic amines) is 1. The number of amides is 1. The van der Waals surface area contributed by atoms with Crippen molar-refractivity contribution in [2.45, 2.75) is 40.2 Å². The predicted molar refractivity (Wildman–Crippen MR) is 99.4 cm³/mol. The zero-order chi connectivity index (χ0) is 18.0. The maximum Gasteiger partial charge on any atom is 0.264 e. The lowest BCUT2D eigenvalue weighted by Crippen LogP contribution is -2.39. The highest BCUT2D eigenvalue weighted by atomic mass is 32.1. The minimum absolute atomic E-state index is 0.0346. The van der Waals surface area contributed by atoms with E-state index >= 15 is 0 Å². The second kappa shape index (κ2) is 7.66. The Labute approximate surface area is 151 Å². The van der Waals surface area contributed by atoms with Gasteiger partial charge in [-0.1, -0.05) is 6.92 Å². The SMILES string of the molecule is CCOCCn1cnc2sc(C(=O)N3CCCC(C)C3)c(C)c2c1=O. The Bertz CT molecular complexity index is 827. The number of rotatable bonds is 5. The van der Waals surface area contributed by atoms with Crippen LogP contribution in [0.3, 0.4) is 0 Å². The molecule has 1 aliphatic heterocycles. The number of carbonyl (C=O) groups excluding carboxylic acids is 1. The molecule has 0 spiro atoms. The zero-order valence-corrected chi connectivity index (χ0v) is 15.9. The van der Waals surface area contributed by atoms with Crippen molar-refractivity contribution in [2.24, 2.45) is 5.92 Å². The summed E-state index contributed by atoms with van der Waals surface area (Å²) in [6.45, 7) is 9.11. The Kier molecular flexibility index (Phi) is 5.54. The van der Waals surface area contributed by atoms with E-state index in [-0.39, 0.29) is 11.5 Å². The van der Waals surface area contributed by atoms with Gasteiger partial charge in [0, 0.05) is 19.7 Å². The van der Waals surface area contributed by atoms with E-state index in [2.05, 4.69) is 11.9 Å². The molecule has 0 bridgehead atoms. The van der Waals surface area contributed by atoms with Crippen molar-refractivity contribution in [3.63, 3.8) is 0 Å². The van der Waals surface area contributed by atoms with Crippen LogP contribution in [0.25, 0.3) is 10.2 Å². The van der Waals surface area contributed by atoms with Gasteiger partial charge in [0.1, 0.15) is 4.83 Å². The van der Waals surface area contributed by atoms with Gasteiger partial charge in [-0.05, 0) is 38.2 Å². The fourth-order valence-electron chi connectivity index (χ4n) is 3.35.